The monoisotopic (exact) mass is 408 g/mol. The molecule has 1 saturated heterocycles. The van der Waals surface area contributed by atoms with E-state index in [-0.39, 0.29) is 6.04 Å². The molecule has 31 heavy (non-hydrogen) atoms. The summed E-state index contributed by atoms with van der Waals surface area (Å²) in [5, 5.41) is 6.91. The van der Waals surface area contributed by atoms with Crippen molar-refractivity contribution in [1.29, 1.82) is 0 Å². The van der Waals surface area contributed by atoms with Crippen molar-refractivity contribution in [3.05, 3.63) is 60.3 Å². The largest absolute Gasteiger partial charge is 0.347 e. The van der Waals surface area contributed by atoms with E-state index >= 15 is 0 Å². The smallest absolute Gasteiger partial charge is 0.136 e. The maximum atomic E-state index is 4.85. The molecule has 4 aromatic rings. The zero-order valence-corrected chi connectivity index (χ0v) is 17.2. The van der Waals surface area contributed by atoms with E-state index in [1.165, 1.54) is 6.42 Å². The average molecular weight is 409 g/mol. The summed E-state index contributed by atoms with van der Waals surface area (Å²) in [6.45, 7) is 1.97. The van der Waals surface area contributed by atoms with E-state index in [1.807, 2.05) is 6.20 Å². The number of imidazole rings is 2. The molecule has 4 heterocycles. The third kappa shape index (κ3) is 3.52. The van der Waals surface area contributed by atoms with Crippen LogP contribution in [0, 0.1) is 11.8 Å². The molecule has 2 aliphatic rings. The highest BCUT2D eigenvalue weighted by molar-refractivity contribution is 5.83. The zero-order valence-electron chi connectivity index (χ0n) is 17.2. The van der Waals surface area contributed by atoms with Crippen LogP contribution in [0.25, 0.3) is 33.4 Å². The lowest BCUT2D eigenvalue weighted by atomic mass is 10.0. The van der Waals surface area contributed by atoms with Gasteiger partial charge in [-0.2, -0.15) is 0 Å². The highest BCUT2D eigenvalue weighted by Crippen LogP contribution is 2.29. The molecule has 2 atom stereocenters. The van der Waals surface area contributed by atoms with E-state index in [0.717, 1.165) is 71.0 Å². The van der Waals surface area contributed by atoms with Gasteiger partial charge in [0.1, 0.15) is 17.7 Å². The molecule has 2 aromatic carbocycles. The van der Waals surface area contributed by atoms with Gasteiger partial charge in [0.05, 0.1) is 22.8 Å². The van der Waals surface area contributed by atoms with Crippen LogP contribution in [-0.4, -0.2) is 33.0 Å². The van der Waals surface area contributed by atoms with Gasteiger partial charge < -0.3 is 15.3 Å². The third-order valence-electron chi connectivity index (χ3n) is 6.10. The molecule has 2 aromatic heterocycles. The van der Waals surface area contributed by atoms with Crippen LogP contribution in [-0.2, 0) is 0 Å². The fraction of sp³-hybridized carbons (Fsp3) is 0.280. The third-order valence-corrected chi connectivity index (χ3v) is 6.10. The van der Waals surface area contributed by atoms with Crippen LogP contribution in [0.3, 0.4) is 0 Å². The van der Waals surface area contributed by atoms with Gasteiger partial charge in [-0.05, 0) is 48.7 Å². The van der Waals surface area contributed by atoms with Gasteiger partial charge in [-0.3, -0.25) is 5.32 Å². The minimum absolute atomic E-state index is 0.0175. The molecule has 0 radical (unpaired) electrons. The number of hydrogen-bond acceptors (Lipinski definition) is 4. The lowest BCUT2D eigenvalue weighted by Crippen LogP contribution is -2.24. The SMILES string of the molecule is C1#C[C@@H](c2nc3ccc(-c4cccc(-c5c[nH]c([C@@H]6CCCN6)n5)c4)cc3[nH]2)NCC1. The first-order chi connectivity index (χ1) is 15.3. The number of aromatic nitrogens is 4. The molecule has 6 rings (SSSR count). The van der Waals surface area contributed by atoms with Crippen molar-refractivity contribution < 1.29 is 0 Å². The molecule has 2 aliphatic heterocycles. The highest BCUT2D eigenvalue weighted by Gasteiger charge is 2.19. The lowest BCUT2D eigenvalue weighted by molar-refractivity contribution is 0.607. The molecular weight excluding hydrogens is 384 g/mol. The van der Waals surface area contributed by atoms with E-state index < -0.39 is 0 Å². The Morgan fingerprint density at radius 3 is 2.71 bits per heavy atom. The summed E-state index contributed by atoms with van der Waals surface area (Å²) in [5.74, 6) is 8.31. The van der Waals surface area contributed by atoms with Crippen LogP contribution >= 0.6 is 0 Å². The van der Waals surface area contributed by atoms with Gasteiger partial charge in [0.25, 0.3) is 0 Å². The second kappa shape index (κ2) is 7.69. The van der Waals surface area contributed by atoms with Crippen LogP contribution in [0.15, 0.2) is 48.7 Å². The maximum Gasteiger partial charge on any atom is 0.136 e. The van der Waals surface area contributed by atoms with Crippen molar-refractivity contribution in [2.45, 2.75) is 31.3 Å². The fourth-order valence-corrected chi connectivity index (χ4v) is 4.45. The molecule has 154 valence electrons. The van der Waals surface area contributed by atoms with E-state index in [9.17, 15) is 0 Å². The summed E-state index contributed by atoms with van der Waals surface area (Å²) >= 11 is 0. The number of rotatable bonds is 4. The standard InChI is InChI=1S/C25H24N6/c1-2-11-26-21(7-1)25-29-19-10-9-17(14-22(19)30-25)16-5-3-6-18(13-16)23-15-28-24(31-23)20-8-4-12-27-20/h3,5-6,9-10,13-15,20-21,26-27H,2,4,8,11-12H2,(H,28,31)(H,29,30)/t20-,21-/m0/s1. The van der Waals surface area contributed by atoms with Crippen molar-refractivity contribution in [2.75, 3.05) is 13.1 Å². The number of aromatic amines is 2. The first-order valence-corrected chi connectivity index (χ1v) is 10.9. The minimum Gasteiger partial charge on any atom is -0.347 e. The lowest BCUT2D eigenvalue weighted by Gasteiger charge is -2.12. The summed E-state index contributed by atoms with van der Waals surface area (Å²) in [5.41, 5.74) is 6.41. The molecule has 0 aliphatic carbocycles. The van der Waals surface area contributed by atoms with Crippen LogP contribution in [0.5, 0.6) is 0 Å². The summed E-state index contributed by atoms with van der Waals surface area (Å²) < 4.78 is 0. The normalized spacial score (nSPS) is 20.6. The predicted molar refractivity (Wildman–Crippen MR) is 122 cm³/mol. The Hall–Kier alpha value is -3.40. The number of nitrogens with zero attached hydrogens (tertiary/aromatic N) is 2. The predicted octanol–water partition coefficient (Wildman–Crippen LogP) is 4.08. The molecule has 0 saturated carbocycles. The van der Waals surface area contributed by atoms with Crippen LogP contribution < -0.4 is 10.6 Å². The Morgan fingerprint density at radius 2 is 1.84 bits per heavy atom. The zero-order chi connectivity index (χ0) is 20.6. The van der Waals surface area contributed by atoms with Crippen molar-refractivity contribution in [2.24, 2.45) is 0 Å². The summed E-state index contributed by atoms with van der Waals surface area (Å²) in [6, 6.07) is 15.3. The molecule has 0 amide bonds. The van der Waals surface area contributed by atoms with E-state index in [1.54, 1.807) is 0 Å². The van der Waals surface area contributed by atoms with Crippen LogP contribution in [0.4, 0.5) is 0 Å². The molecule has 0 spiro atoms. The van der Waals surface area contributed by atoms with E-state index in [4.69, 9.17) is 9.97 Å². The fourth-order valence-electron chi connectivity index (χ4n) is 4.45. The van der Waals surface area contributed by atoms with Gasteiger partial charge in [-0.25, -0.2) is 9.97 Å². The Bertz CT molecular complexity index is 1300. The Kier molecular flexibility index (Phi) is 4.56. The first-order valence-electron chi connectivity index (χ1n) is 10.9. The van der Waals surface area contributed by atoms with Crippen molar-refractivity contribution in [1.82, 2.24) is 30.6 Å². The van der Waals surface area contributed by atoms with E-state index in [2.05, 4.69) is 74.9 Å². The van der Waals surface area contributed by atoms with Crippen LogP contribution in [0.1, 0.15) is 43.0 Å². The van der Waals surface area contributed by atoms with Gasteiger partial charge in [0.15, 0.2) is 0 Å². The second-order valence-electron chi connectivity index (χ2n) is 8.21. The summed E-state index contributed by atoms with van der Waals surface area (Å²) in [4.78, 5) is 16.4. The minimum atomic E-state index is -0.0175. The van der Waals surface area contributed by atoms with Crippen molar-refractivity contribution >= 4 is 11.0 Å². The van der Waals surface area contributed by atoms with E-state index in [0.29, 0.717) is 6.04 Å². The van der Waals surface area contributed by atoms with Gasteiger partial charge in [-0.1, -0.05) is 36.1 Å². The molecule has 6 nitrogen and oxygen atoms in total. The summed E-state index contributed by atoms with van der Waals surface area (Å²) in [6.07, 6.45) is 5.25. The molecule has 1 fully saturated rings. The van der Waals surface area contributed by atoms with Crippen LogP contribution in [0.2, 0.25) is 0 Å². The topological polar surface area (TPSA) is 81.4 Å². The number of hydrogen-bond donors (Lipinski definition) is 4. The number of H-pyrrole nitrogens is 2. The number of fused-ring (bicyclic) bond motifs is 1. The summed E-state index contributed by atoms with van der Waals surface area (Å²) in [7, 11) is 0. The van der Waals surface area contributed by atoms with Gasteiger partial charge in [-0.15, -0.1) is 0 Å². The maximum absolute atomic E-state index is 4.85. The molecule has 0 unspecified atom stereocenters. The molecule has 6 heteroatoms. The first kappa shape index (κ1) is 18.4. The molecular formula is C25H24N6. The van der Waals surface area contributed by atoms with Crippen molar-refractivity contribution in [3.63, 3.8) is 0 Å². The molecule has 4 N–H and O–H groups in total. The molecule has 0 bridgehead atoms. The Morgan fingerprint density at radius 1 is 0.903 bits per heavy atom. The second-order valence-corrected chi connectivity index (χ2v) is 8.21. The van der Waals surface area contributed by atoms with Gasteiger partial charge in [0.2, 0.25) is 0 Å². The van der Waals surface area contributed by atoms with Crippen molar-refractivity contribution in [3.8, 4) is 34.2 Å². The quantitative estimate of drug-likeness (QED) is 0.384. The van der Waals surface area contributed by atoms with Gasteiger partial charge >= 0.3 is 0 Å². The number of benzene rings is 2. The Balaban J connectivity index is 1.31. The highest BCUT2D eigenvalue weighted by atomic mass is 15.0. The average Bonchev–Trinajstić information content (AvgIpc) is 3.59. The Labute approximate surface area is 180 Å². The number of nitrogens with one attached hydrogen (secondary N) is 4. The van der Waals surface area contributed by atoms with Gasteiger partial charge in [0, 0.05) is 24.7 Å².